The molecule has 1 rings (SSSR count). The lowest BCUT2D eigenvalue weighted by atomic mass is 9.76. The van der Waals surface area contributed by atoms with Crippen LogP contribution in [-0.2, 0) is 0 Å². The molecule has 0 aromatic heterocycles. The molecule has 0 saturated heterocycles. The van der Waals surface area contributed by atoms with Crippen LogP contribution in [0.5, 0.6) is 5.75 Å². The van der Waals surface area contributed by atoms with Crippen molar-refractivity contribution in [2.75, 3.05) is 0 Å². The second kappa shape index (κ2) is 4.17. The Bertz CT molecular complexity index is 329. The molecule has 0 fully saturated rings. The SMILES string of the molecule is CC(C)(C)C(c1cccc(O)c1)C(F)F. The summed E-state index contributed by atoms with van der Waals surface area (Å²) in [4.78, 5) is 0. The summed E-state index contributed by atoms with van der Waals surface area (Å²) in [6.45, 7) is 5.32. The summed E-state index contributed by atoms with van der Waals surface area (Å²) in [6, 6.07) is 6.10. The third-order valence-electron chi connectivity index (χ3n) is 2.41. The second-order valence-corrected chi connectivity index (χ2v) is 4.77. The Morgan fingerprint density at radius 3 is 2.20 bits per heavy atom. The number of hydrogen-bond donors (Lipinski definition) is 1. The third kappa shape index (κ3) is 2.91. The van der Waals surface area contributed by atoms with Gasteiger partial charge in [-0.3, -0.25) is 0 Å². The fourth-order valence-electron chi connectivity index (χ4n) is 1.74. The topological polar surface area (TPSA) is 20.2 Å². The maximum atomic E-state index is 12.9. The maximum Gasteiger partial charge on any atom is 0.245 e. The van der Waals surface area contributed by atoms with Gasteiger partial charge in [-0.05, 0) is 23.1 Å². The van der Waals surface area contributed by atoms with E-state index in [1.54, 1.807) is 32.9 Å². The molecule has 1 N–H and O–H groups in total. The Morgan fingerprint density at radius 2 is 1.80 bits per heavy atom. The Kier molecular flexibility index (Phi) is 3.32. The van der Waals surface area contributed by atoms with Crippen molar-refractivity contribution in [3.63, 3.8) is 0 Å². The van der Waals surface area contributed by atoms with Crippen molar-refractivity contribution in [3.05, 3.63) is 29.8 Å². The molecule has 0 heterocycles. The molecular weight excluding hydrogens is 198 g/mol. The minimum Gasteiger partial charge on any atom is -0.508 e. The standard InChI is InChI=1S/C12H16F2O/c1-12(2,3)10(11(13)14)8-5-4-6-9(15)7-8/h4-7,10-11,15H,1-3H3. The van der Waals surface area contributed by atoms with Gasteiger partial charge in [-0.1, -0.05) is 32.9 Å². The zero-order valence-electron chi connectivity index (χ0n) is 9.17. The fraction of sp³-hybridized carbons (Fsp3) is 0.500. The number of phenols is 1. The monoisotopic (exact) mass is 214 g/mol. The predicted octanol–water partition coefficient (Wildman–Crippen LogP) is 3.79. The van der Waals surface area contributed by atoms with Gasteiger partial charge in [0.25, 0.3) is 0 Å². The summed E-state index contributed by atoms with van der Waals surface area (Å²) in [5, 5.41) is 9.26. The summed E-state index contributed by atoms with van der Waals surface area (Å²) in [5.74, 6) is -0.827. The lowest BCUT2D eigenvalue weighted by Crippen LogP contribution is -2.24. The first kappa shape index (κ1) is 12.0. The first-order chi connectivity index (χ1) is 6.82. The Balaban J connectivity index is 3.11. The highest BCUT2D eigenvalue weighted by Gasteiger charge is 2.34. The van der Waals surface area contributed by atoms with E-state index in [4.69, 9.17) is 0 Å². The van der Waals surface area contributed by atoms with Crippen LogP contribution in [0.2, 0.25) is 0 Å². The number of halogens is 2. The summed E-state index contributed by atoms with van der Waals surface area (Å²) in [6.07, 6.45) is -2.42. The summed E-state index contributed by atoms with van der Waals surface area (Å²) in [7, 11) is 0. The van der Waals surface area contributed by atoms with E-state index in [-0.39, 0.29) is 5.75 Å². The molecule has 1 unspecified atom stereocenters. The van der Waals surface area contributed by atoms with E-state index in [0.29, 0.717) is 5.56 Å². The molecular formula is C12H16F2O. The van der Waals surface area contributed by atoms with E-state index < -0.39 is 17.8 Å². The predicted molar refractivity (Wildman–Crippen MR) is 56.3 cm³/mol. The summed E-state index contributed by atoms with van der Waals surface area (Å²) in [5.41, 5.74) is -0.0420. The van der Waals surface area contributed by atoms with E-state index in [2.05, 4.69) is 0 Å². The summed E-state index contributed by atoms with van der Waals surface area (Å²) < 4.78 is 25.9. The van der Waals surface area contributed by atoms with Gasteiger partial charge >= 0.3 is 0 Å². The van der Waals surface area contributed by atoms with Gasteiger partial charge in [0, 0.05) is 5.92 Å². The highest BCUT2D eigenvalue weighted by atomic mass is 19.3. The summed E-state index contributed by atoms with van der Waals surface area (Å²) >= 11 is 0. The lowest BCUT2D eigenvalue weighted by Gasteiger charge is -2.30. The number of rotatable bonds is 2. The molecule has 1 aromatic rings. The molecule has 84 valence electrons. The average molecular weight is 214 g/mol. The Morgan fingerprint density at radius 1 is 1.20 bits per heavy atom. The zero-order chi connectivity index (χ0) is 11.6. The van der Waals surface area contributed by atoms with Gasteiger partial charge in [-0.15, -0.1) is 0 Å². The fourth-order valence-corrected chi connectivity index (χ4v) is 1.74. The number of benzene rings is 1. The van der Waals surface area contributed by atoms with Crippen molar-refractivity contribution < 1.29 is 13.9 Å². The van der Waals surface area contributed by atoms with Crippen molar-refractivity contribution in [1.29, 1.82) is 0 Å². The lowest BCUT2D eigenvalue weighted by molar-refractivity contribution is 0.0623. The van der Waals surface area contributed by atoms with Crippen LogP contribution in [0.3, 0.4) is 0 Å². The van der Waals surface area contributed by atoms with Crippen LogP contribution in [0.1, 0.15) is 32.3 Å². The van der Waals surface area contributed by atoms with Gasteiger partial charge < -0.3 is 5.11 Å². The number of phenolic OH excluding ortho intramolecular Hbond substituents is 1. The Hall–Kier alpha value is -1.12. The first-order valence-electron chi connectivity index (χ1n) is 4.89. The van der Waals surface area contributed by atoms with Crippen LogP contribution in [0.25, 0.3) is 0 Å². The van der Waals surface area contributed by atoms with Gasteiger partial charge in [-0.2, -0.15) is 0 Å². The molecule has 0 aliphatic carbocycles. The maximum absolute atomic E-state index is 12.9. The van der Waals surface area contributed by atoms with Crippen molar-refractivity contribution >= 4 is 0 Å². The van der Waals surface area contributed by atoms with E-state index in [1.165, 1.54) is 12.1 Å². The normalized spacial score (nSPS) is 14.3. The average Bonchev–Trinajstić information content (AvgIpc) is 1.99. The molecule has 1 nitrogen and oxygen atoms in total. The zero-order valence-corrected chi connectivity index (χ0v) is 9.17. The van der Waals surface area contributed by atoms with Crippen LogP contribution in [0, 0.1) is 5.41 Å². The van der Waals surface area contributed by atoms with E-state index in [0.717, 1.165) is 0 Å². The van der Waals surface area contributed by atoms with E-state index in [9.17, 15) is 13.9 Å². The highest BCUT2D eigenvalue weighted by Crippen LogP contribution is 2.40. The third-order valence-corrected chi connectivity index (χ3v) is 2.41. The second-order valence-electron chi connectivity index (χ2n) is 4.77. The van der Waals surface area contributed by atoms with Crippen molar-refractivity contribution in [3.8, 4) is 5.75 Å². The largest absolute Gasteiger partial charge is 0.508 e. The molecule has 0 spiro atoms. The molecule has 0 bridgehead atoms. The van der Waals surface area contributed by atoms with Crippen LogP contribution in [0.4, 0.5) is 8.78 Å². The minimum absolute atomic E-state index is 0.0300. The van der Waals surface area contributed by atoms with Gasteiger partial charge in [0.15, 0.2) is 0 Å². The van der Waals surface area contributed by atoms with Gasteiger partial charge in [0.2, 0.25) is 6.43 Å². The molecule has 15 heavy (non-hydrogen) atoms. The van der Waals surface area contributed by atoms with Gasteiger partial charge in [0.1, 0.15) is 5.75 Å². The molecule has 0 saturated carbocycles. The van der Waals surface area contributed by atoms with Crippen LogP contribution in [-0.4, -0.2) is 11.5 Å². The molecule has 1 aromatic carbocycles. The van der Waals surface area contributed by atoms with Crippen LogP contribution >= 0.6 is 0 Å². The quantitative estimate of drug-likeness (QED) is 0.794. The Labute approximate surface area is 88.7 Å². The molecule has 0 aliphatic rings. The molecule has 0 aliphatic heterocycles. The van der Waals surface area contributed by atoms with Crippen molar-refractivity contribution in [2.45, 2.75) is 33.1 Å². The highest BCUT2D eigenvalue weighted by molar-refractivity contribution is 5.31. The minimum atomic E-state index is -2.42. The molecule has 0 radical (unpaired) electrons. The number of alkyl halides is 2. The van der Waals surface area contributed by atoms with Gasteiger partial charge in [0.05, 0.1) is 0 Å². The smallest absolute Gasteiger partial charge is 0.245 e. The van der Waals surface area contributed by atoms with Crippen molar-refractivity contribution in [2.24, 2.45) is 5.41 Å². The van der Waals surface area contributed by atoms with Crippen LogP contribution in [0.15, 0.2) is 24.3 Å². The molecule has 0 amide bonds. The molecule has 3 heteroatoms. The van der Waals surface area contributed by atoms with E-state index >= 15 is 0 Å². The number of aromatic hydroxyl groups is 1. The first-order valence-corrected chi connectivity index (χ1v) is 4.89. The van der Waals surface area contributed by atoms with Crippen LogP contribution < -0.4 is 0 Å². The number of hydrogen-bond acceptors (Lipinski definition) is 1. The van der Waals surface area contributed by atoms with Crippen molar-refractivity contribution in [1.82, 2.24) is 0 Å². The molecule has 1 atom stereocenters. The van der Waals surface area contributed by atoms with Gasteiger partial charge in [-0.25, -0.2) is 8.78 Å². The van der Waals surface area contributed by atoms with E-state index in [1.807, 2.05) is 0 Å².